The number of hydrogen-bond acceptors (Lipinski definition) is 4. The van der Waals surface area contributed by atoms with E-state index in [9.17, 15) is 0 Å². The normalized spacial score (nSPS) is 17.0. The van der Waals surface area contributed by atoms with Gasteiger partial charge in [-0.25, -0.2) is 0 Å². The SMILES string of the molecule is C=C(Oc1ccc(C(C)(CC)C(C)(C)OC(=C)Oc2ccc(C(C)(C)c3ccc(C(C)(C)C)cc3)cc2)c2c1C1c3ccccc3C2c2ccccc21)OC(C)(C)C. The smallest absolute Gasteiger partial charge is 0.277 e. The lowest BCUT2D eigenvalue weighted by Crippen LogP contribution is -2.48. The maximum Gasteiger partial charge on any atom is 0.277 e. The van der Waals surface area contributed by atoms with Crippen molar-refractivity contribution in [2.45, 2.75) is 129 Å². The van der Waals surface area contributed by atoms with Crippen molar-refractivity contribution < 1.29 is 18.9 Å². The zero-order chi connectivity index (χ0) is 42.0. The first kappa shape index (κ1) is 41.0. The zero-order valence-electron chi connectivity index (χ0n) is 36.8. The molecule has 0 fully saturated rings. The van der Waals surface area contributed by atoms with Gasteiger partial charge in [0.1, 0.15) is 22.7 Å². The maximum absolute atomic E-state index is 6.84. The molecule has 1 unspecified atom stereocenters. The van der Waals surface area contributed by atoms with E-state index in [1.54, 1.807) is 0 Å². The molecule has 4 heteroatoms. The van der Waals surface area contributed by atoms with Gasteiger partial charge in [-0.15, -0.1) is 0 Å². The molecule has 0 aliphatic heterocycles. The van der Waals surface area contributed by atoms with Crippen LogP contribution >= 0.6 is 0 Å². The molecular weight excluding hydrogens is 713 g/mol. The highest BCUT2D eigenvalue weighted by molar-refractivity contribution is 5.73. The van der Waals surface area contributed by atoms with Gasteiger partial charge >= 0.3 is 0 Å². The van der Waals surface area contributed by atoms with Crippen LogP contribution < -0.4 is 9.47 Å². The van der Waals surface area contributed by atoms with Crippen molar-refractivity contribution in [2.75, 3.05) is 0 Å². The fraction of sp³-hybridized carbons (Fsp3) is 0.370. The number of benzene rings is 5. The molecule has 0 radical (unpaired) electrons. The van der Waals surface area contributed by atoms with Crippen LogP contribution in [0, 0.1) is 0 Å². The third-order valence-corrected chi connectivity index (χ3v) is 13.0. The summed E-state index contributed by atoms with van der Waals surface area (Å²) in [7, 11) is 0. The summed E-state index contributed by atoms with van der Waals surface area (Å²) in [5.41, 5.74) is 11.0. The van der Waals surface area contributed by atoms with E-state index in [1.165, 1.54) is 50.1 Å². The Bertz CT molecular complexity index is 2300. The lowest BCUT2D eigenvalue weighted by atomic mass is 9.56. The third kappa shape index (κ3) is 7.25. The van der Waals surface area contributed by atoms with Gasteiger partial charge in [-0.2, -0.15) is 0 Å². The van der Waals surface area contributed by atoms with Crippen molar-refractivity contribution in [1.29, 1.82) is 0 Å². The summed E-state index contributed by atoms with van der Waals surface area (Å²) in [5, 5.41) is 0. The van der Waals surface area contributed by atoms with Gasteiger partial charge in [0, 0.05) is 28.2 Å². The second kappa shape index (κ2) is 14.6. The van der Waals surface area contributed by atoms with Gasteiger partial charge in [-0.3, -0.25) is 0 Å². The van der Waals surface area contributed by atoms with Gasteiger partial charge in [0.25, 0.3) is 11.9 Å². The molecule has 5 aromatic rings. The van der Waals surface area contributed by atoms with E-state index < -0.39 is 16.6 Å². The average molecular weight is 775 g/mol. The molecule has 4 nitrogen and oxygen atoms in total. The largest absolute Gasteiger partial charge is 0.460 e. The van der Waals surface area contributed by atoms with E-state index in [1.807, 2.05) is 32.9 Å². The second-order valence-electron chi connectivity index (χ2n) is 19.5. The monoisotopic (exact) mass is 774 g/mol. The molecule has 0 heterocycles. The molecule has 0 aromatic heterocycles. The van der Waals surface area contributed by atoms with Crippen LogP contribution in [0.1, 0.15) is 157 Å². The second-order valence-corrected chi connectivity index (χ2v) is 19.5. The van der Waals surface area contributed by atoms with Gasteiger partial charge < -0.3 is 18.9 Å². The Labute approximate surface area is 347 Å². The lowest BCUT2D eigenvalue weighted by molar-refractivity contribution is -0.0694. The van der Waals surface area contributed by atoms with Crippen LogP contribution in [-0.4, -0.2) is 11.2 Å². The summed E-state index contributed by atoms with van der Waals surface area (Å²) in [4.78, 5) is 0. The maximum atomic E-state index is 6.84. The highest BCUT2D eigenvalue weighted by Crippen LogP contribution is 2.61. The van der Waals surface area contributed by atoms with Crippen molar-refractivity contribution in [2.24, 2.45) is 0 Å². The van der Waals surface area contributed by atoms with Crippen molar-refractivity contribution in [1.82, 2.24) is 0 Å². The van der Waals surface area contributed by atoms with E-state index in [4.69, 9.17) is 18.9 Å². The highest BCUT2D eigenvalue weighted by Gasteiger charge is 2.51. The first-order valence-electron chi connectivity index (χ1n) is 20.8. The molecule has 8 rings (SSSR count). The molecular formula is C54H62O4. The Morgan fingerprint density at radius 1 is 0.517 bits per heavy atom. The van der Waals surface area contributed by atoms with Crippen LogP contribution in [0.2, 0.25) is 0 Å². The zero-order valence-corrected chi connectivity index (χ0v) is 36.8. The van der Waals surface area contributed by atoms with Crippen molar-refractivity contribution in [3.63, 3.8) is 0 Å². The van der Waals surface area contributed by atoms with Gasteiger partial charge in [-0.05, 0) is 128 Å². The van der Waals surface area contributed by atoms with Crippen molar-refractivity contribution in [3.05, 3.63) is 190 Å². The Kier molecular flexibility index (Phi) is 10.3. The first-order chi connectivity index (χ1) is 27.2. The Morgan fingerprint density at radius 3 is 1.43 bits per heavy atom. The van der Waals surface area contributed by atoms with Gasteiger partial charge in [0.05, 0.1) is 0 Å². The number of hydrogen-bond donors (Lipinski definition) is 0. The molecule has 3 aliphatic carbocycles. The van der Waals surface area contributed by atoms with Crippen LogP contribution in [0.5, 0.6) is 11.5 Å². The first-order valence-corrected chi connectivity index (χ1v) is 20.8. The van der Waals surface area contributed by atoms with E-state index in [2.05, 4.69) is 173 Å². The molecule has 0 saturated heterocycles. The van der Waals surface area contributed by atoms with Crippen molar-refractivity contribution >= 4 is 0 Å². The van der Waals surface area contributed by atoms with E-state index in [0.717, 1.165) is 17.7 Å². The predicted octanol–water partition coefficient (Wildman–Crippen LogP) is 14.0. The van der Waals surface area contributed by atoms with Crippen LogP contribution in [0.4, 0.5) is 0 Å². The predicted molar refractivity (Wildman–Crippen MR) is 238 cm³/mol. The fourth-order valence-electron chi connectivity index (χ4n) is 9.29. The molecule has 1 atom stereocenters. The molecule has 2 bridgehead atoms. The highest BCUT2D eigenvalue weighted by atomic mass is 16.7. The summed E-state index contributed by atoms with van der Waals surface area (Å²) in [6.07, 6.45) is 0.807. The Morgan fingerprint density at radius 2 is 0.966 bits per heavy atom. The van der Waals surface area contributed by atoms with Crippen LogP contribution in [0.15, 0.2) is 134 Å². The Hall–Kier alpha value is -5.22. The van der Waals surface area contributed by atoms with Gasteiger partial charge in [0.15, 0.2) is 0 Å². The van der Waals surface area contributed by atoms with Gasteiger partial charge in [-0.1, -0.05) is 139 Å². The minimum absolute atomic E-state index is 0.0102. The van der Waals surface area contributed by atoms with Crippen LogP contribution in [0.3, 0.4) is 0 Å². The lowest BCUT2D eigenvalue weighted by Gasteiger charge is -2.49. The minimum Gasteiger partial charge on any atom is -0.460 e. The van der Waals surface area contributed by atoms with E-state index in [0.29, 0.717) is 5.75 Å². The third-order valence-electron chi connectivity index (χ3n) is 13.0. The quantitative estimate of drug-likeness (QED) is 0.116. The summed E-state index contributed by atoms with van der Waals surface area (Å²) in [6.45, 7) is 34.6. The number of rotatable bonds is 12. The number of ether oxygens (including phenoxy) is 4. The molecule has 5 aromatic carbocycles. The van der Waals surface area contributed by atoms with Crippen molar-refractivity contribution in [3.8, 4) is 11.5 Å². The van der Waals surface area contributed by atoms with Crippen LogP contribution in [-0.2, 0) is 25.7 Å². The molecule has 0 saturated carbocycles. The minimum atomic E-state index is -0.731. The summed E-state index contributed by atoms with van der Waals surface area (Å²) >= 11 is 0. The standard InChI is InChI=1S/C54H62O4/c1-15-54(14,53(12,13)58-34(2)55-39-30-28-38(29-31-39)52(10,11)37-26-24-36(25-27-37)50(4,5)6)44-32-33-45(56-35(3)57-51(7,8)9)49-47-42-22-18-16-20-40(42)46(48(44)49)41-21-17-19-23-43(41)47/h16-33,46-47H,2-3,15H2,1,4-14H3. The topological polar surface area (TPSA) is 36.9 Å². The van der Waals surface area contributed by atoms with E-state index >= 15 is 0 Å². The fourth-order valence-corrected chi connectivity index (χ4v) is 9.29. The average Bonchev–Trinajstić information content (AvgIpc) is 3.16. The molecule has 302 valence electrons. The van der Waals surface area contributed by atoms with Gasteiger partial charge in [0.2, 0.25) is 0 Å². The summed E-state index contributed by atoms with van der Waals surface area (Å²) in [5.74, 6) is 2.00. The van der Waals surface area contributed by atoms with Crippen LogP contribution in [0.25, 0.3) is 0 Å². The summed E-state index contributed by atoms with van der Waals surface area (Å²) < 4.78 is 25.9. The Balaban J connectivity index is 1.20. The molecule has 0 amide bonds. The molecule has 0 N–H and O–H groups in total. The molecule has 0 spiro atoms. The molecule has 58 heavy (non-hydrogen) atoms. The summed E-state index contributed by atoms with van der Waals surface area (Å²) in [6, 6.07) is 39.4. The molecule has 3 aliphatic rings. The van der Waals surface area contributed by atoms with E-state index in [-0.39, 0.29) is 34.6 Å².